The van der Waals surface area contributed by atoms with Crippen molar-refractivity contribution in [2.24, 2.45) is 0 Å². The smallest absolute Gasteiger partial charge is 0.234 e. The second-order valence-corrected chi connectivity index (χ2v) is 7.24. The van der Waals surface area contributed by atoms with Crippen LogP contribution in [0.5, 0.6) is 5.75 Å². The zero-order valence-electron chi connectivity index (χ0n) is 15.5. The van der Waals surface area contributed by atoms with Crippen LogP contribution in [0.4, 0.5) is 5.69 Å². The van der Waals surface area contributed by atoms with Crippen molar-refractivity contribution in [2.45, 2.75) is 24.9 Å². The monoisotopic (exact) mass is 382 g/mol. The van der Waals surface area contributed by atoms with Gasteiger partial charge in [-0.05, 0) is 47.9 Å². The molecule has 0 unspecified atom stereocenters. The zero-order valence-corrected chi connectivity index (χ0v) is 16.4. The summed E-state index contributed by atoms with van der Waals surface area (Å²) in [5.41, 5.74) is 2.91. The fourth-order valence-electron chi connectivity index (χ4n) is 2.55. The third-order valence-electron chi connectivity index (χ3n) is 4.04. The molecular weight excluding hydrogens is 360 g/mol. The lowest BCUT2D eigenvalue weighted by molar-refractivity contribution is -0.113. The molecule has 1 heterocycles. The third kappa shape index (κ3) is 4.89. The number of carbonyl (C=O) groups is 1. The van der Waals surface area contributed by atoms with Crippen LogP contribution in [0, 0.1) is 0 Å². The highest BCUT2D eigenvalue weighted by Gasteiger charge is 2.11. The number of methoxy groups -OCH3 is 1. The first-order chi connectivity index (χ1) is 13.1. The number of amides is 1. The van der Waals surface area contributed by atoms with Gasteiger partial charge in [-0.3, -0.25) is 9.36 Å². The molecule has 6 nitrogen and oxygen atoms in total. The molecule has 2 aromatic carbocycles. The topological polar surface area (TPSA) is 69.0 Å². The Morgan fingerprint density at radius 2 is 2.00 bits per heavy atom. The van der Waals surface area contributed by atoms with Gasteiger partial charge in [0.15, 0.2) is 5.16 Å². The lowest BCUT2D eigenvalue weighted by atomic mass is 10.0. The molecule has 3 rings (SSSR count). The summed E-state index contributed by atoms with van der Waals surface area (Å²) in [6.07, 6.45) is 1.63. The number of carbonyl (C=O) groups excluding carboxylic acids is 1. The molecule has 0 spiro atoms. The number of nitrogens with zero attached hydrogens (tertiary/aromatic N) is 3. The van der Waals surface area contributed by atoms with E-state index in [1.807, 2.05) is 47.0 Å². The molecule has 0 aliphatic heterocycles. The van der Waals surface area contributed by atoms with Gasteiger partial charge in [0.05, 0.1) is 12.9 Å². The molecule has 0 bridgehead atoms. The second-order valence-electron chi connectivity index (χ2n) is 6.30. The van der Waals surface area contributed by atoms with Crippen molar-refractivity contribution in [1.82, 2.24) is 14.8 Å². The molecule has 0 atom stereocenters. The fourth-order valence-corrected chi connectivity index (χ4v) is 3.27. The van der Waals surface area contributed by atoms with E-state index < -0.39 is 0 Å². The van der Waals surface area contributed by atoms with E-state index in [4.69, 9.17) is 4.74 Å². The highest BCUT2D eigenvalue weighted by molar-refractivity contribution is 7.99. The highest BCUT2D eigenvalue weighted by atomic mass is 32.2. The van der Waals surface area contributed by atoms with Crippen LogP contribution >= 0.6 is 11.8 Å². The first kappa shape index (κ1) is 19.0. The molecule has 3 aromatic rings. The number of hydrogen-bond acceptors (Lipinski definition) is 5. The average Bonchev–Trinajstić information content (AvgIpc) is 3.15. The van der Waals surface area contributed by atoms with E-state index in [0.717, 1.165) is 17.1 Å². The molecule has 0 radical (unpaired) electrons. The number of ether oxygens (including phenoxy) is 1. The van der Waals surface area contributed by atoms with E-state index in [9.17, 15) is 4.79 Å². The lowest BCUT2D eigenvalue weighted by Gasteiger charge is -2.10. The van der Waals surface area contributed by atoms with Gasteiger partial charge in [0.2, 0.25) is 5.91 Å². The van der Waals surface area contributed by atoms with E-state index in [0.29, 0.717) is 11.1 Å². The summed E-state index contributed by atoms with van der Waals surface area (Å²) in [5.74, 6) is 1.37. The summed E-state index contributed by atoms with van der Waals surface area (Å²) in [7, 11) is 1.63. The molecule has 0 saturated heterocycles. The van der Waals surface area contributed by atoms with E-state index in [1.54, 1.807) is 13.4 Å². The Labute approximate surface area is 163 Å². The summed E-state index contributed by atoms with van der Waals surface area (Å²) >= 11 is 1.34. The summed E-state index contributed by atoms with van der Waals surface area (Å²) in [5, 5.41) is 11.7. The van der Waals surface area contributed by atoms with Crippen molar-refractivity contribution in [3.63, 3.8) is 0 Å². The molecule has 0 aliphatic rings. The Hall–Kier alpha value is -2.80. The molecule has 1 amide bonds. The summed E-state index contributed by atoms with van der Waals surface area (Å²) in [4.78, 5) is 12.3. The van der Waals surface area contributed by atoms with Crippen molar-refractivity contribution in [3.05, 3.63) is 60.4 Å². The fraction of sp³-hybridized carbons (Fsp3) is 0.250. The van der Waals surface area contributed by atoms with Gasteiger partial charge in [0.25, 0.3) is 0 Å². The van der Waals surface area contributed by atoms with E-state index in [1.165, 1.54) is 17.3 Å². The maximum atomic E-state index is 12.3. The van der Waals surface area contributed by atoms with Crippen LogP contribution in [0.2, 0.25) is 0 Å². The van der Waals surface area contributed by atoms with Gasteiger partial charge < -0.3 is 10.1 Å². The minimum Gasteiger partial charge on any atom is -0.497 e. The maximum absolute atomic E-state index is 12.3. The Balaban J connectivity index is 1.63. The Bertz CT molecular complexity index is 906. The number of aromatic nitrogens is 3. The number of thioether (sulfide) groups is 1. The van der Waals surface area contributed by atoms with Crippen molar-refractivity contribution in [1.29, 1.82) is 0 Å². The molecular formula is C20H22N4O2S. The second kappa shape index (κ2) is 8.73. The molecule has 7 heteroatoms. The van der Waals surface area contributed by atoms with Gasteiger partial charge in [-0.25, -0.2) is 0 Å². The van der Waals surface area contributed by atoms with Crippen molar-refractivity contribution in [3.8, 4) is 11.4 Å². The van der Waals surface area contributed by atoms with Crippen LogP contribution in [0.15, 0.2) is 60.0 Å². The largest absolute Gasteiger partial charge is 0.497 e. The van der Waals surface area contributed by atoms with Gasteiger partial charge in [-0.1, -0.05) is 37.7 Å². The van der Waals surface area contributed by atoms with E-state index in [-0.39, 0.29) is 11.7 Å². The Morgan fingerprint density at radius 3 is 2.70 bits per heavy atom. The molecule has 0 saturated carbocycles. The number of benzene rings is 2. The number of hydrogen-bond donors (Lipinski definition) is 1. The number of rotatable bonds is 7. The van der Waals surface area contributed by atoms with Crippen LogP contribution in [-0.2, 0) is 4.79 Å². The normalized spacial score (nSPS) is 10.8. The summed E-state index contributed by atoms with van der Waals surface area (Å²) in [6.45, 7) is 4.26. The average molecular weight is 382 g/mol. The predicted molar refractivity (Wildman–Crippen MR) is 108 cm³/mol. The Kier molecular flexibility index (Phi) is 6.13. The van der Waals surface area contributed by atoms with Crippen LogP contribution < -0.4 is 10.1 Å². The molecule has 27 heavy (non-hydrogen) atoms. The first-order valence-corrected chi connectivity index (χ1v) is 9.62. The highest BCUT2D eigenvalue weighted by Crippen LogP contribution is 2.22. The maximum Gasteiger partial charge on any atom is 0.234 e. The molecule has 0 aliphatic carbocycles. The Morgan fingerprint density at radius 1 is 1.22 bits per heavy atom. The van der Waals surface area contributed by atoms with Crippen LogP contribution in [0.1, 0.15) is 25.3 Å². The number of anilines is 1. The molecule has 1 N–H and O–H groups in total. The van der Waals surface area contributed by atoms with Crippen LogP contribution in [-0.4, -0.2) is 33.5 Å². The van der Waals surface area contributed by atoms with E-state index in [2.05, 4.69) is 35.4 Å². The predicted octanol–water partition coefficient (Wildman–Crippen LogP) is 4.13. The van der Waals surface area contributed by atoms with E-state index >= 15 is 0 Å². The quantitative estimate of drug-likeness (QED) is 0.622. The SMILES string of the molecule is COc1ccc(-n2cnnc2SCC(=O)Nc2cccc(C(C)C)c2)cc1. The third-order valence-corrected chi connectivity index (χ3v) is 4.98. The lowest BCUT2D eigenvalue weighted by Crippen LogP contribution is -2.14. The van der Waals surface area contributed by atoms with Crippen molar-refractivity contribution in [2.75, 3.05) is 18.2 Å². The molecule has 1 aromatic heterocycles. The van der Waals surface area contributed by atoms with Gasteiger partial charge in [-0.15, -0.1) is 10.2 Å². The molecule has 140 valence electrons. The minimum atomic E-state index is -0.0785. The number of nitrogens with one attached hydrogen (secondary N) is 1. The minimum absolute atomic E-state index is 0.0785. The van der Waals surface area contributed by atoms with Crippen LogP contribution in [0.3, 0.4) is 0 Å². The van der Waals surface area contributed by atoms with Gasteiger partial charge in [-0.2, -0.15) is 0 Å². The van der Waals surface area contributed by atoms with Gasteiger partial charge in [0, 0.05) is 11.4 Å². The van der Waals surface area contributed by atoms with Gasteiger partial charge >= 0.3 is 0 Å². The summed E-state index contributed by atoms with van der Waals surface area (Å²) in [6, 6.07) is 15.5. The molecule has 0 fully saturated rings. The van der Waals surface area contributed by atoms with Crippen molar-refractivity contribution < 1.29 is 9.53 Å². The summed E-state index contributed by atoms with van der Waals surface area (Å²) < 4.78 is 7.02. The zero-order chi connectivity index (χ0) is 19.2. The van der Waals surface area contributed by atoms with Crippen molar-refractivity contribution >= 4 is 23.4 Å². The first-order valence-electron chi connectivity index (χ1n) is 8.64. The van der Waals surface area contributed by atoms with Crippen LogP contribution in [0.25, 0.3) is 5.69 Å². The standard InChI is InChI=1S/C20H22N4O2S/c1-14(2)15-5-4-6-16(11-15)22-19(25)12-27-20-23-21-13-24(20)17-7-9-18(26-3)10-8-17/h4-11,13-14H,12H2,1-3H3,(H,22,25). The van der Waals surface area contributed by atoms with Gasteiger partial charge in [0.1, 0.15) is 12.1 Å².